The molecular formula is C19H14ClF3N4O3. The molecule has 2 aromatic heterocycles. The summed E-state index contributed by atoms with van der Waals surface area (Å²) in [6.07, 6.45) is -3.64. The van der Waals surface area contributed by atoms with Crippen LogP contribution in [0, 0.1) is 0 Å². The number of hydrogen-bond acceptors (Lipinski definition) is 5. The number of amides is 1. The van der Waals surface area contributed by atoms with Crippen molar-refractivity contribution in [3.8, 4) is 16.9 Å². The Morgan fingerprint density at radius 2 is 1.87 bits per heavy atom. The molecule has 0 fully saturated rings. The molecule has 156 valence electrons. The predicted molar refractivity (Wildman–Crippen MR) is 102 cm³/mol. The van der Waals surface area contributed by atoms with Crippen LogP contribution in [-0.4, -0.2) is 44.6 Å². The molecule has 1 aromatic carbocycles. The number of halogens is 4. The number of aliphatic hydroxyl groups excluding tert-OH is 1. The maximum atomic E-state index is 13.1. The lowest BCUT2D eigenvalue weighted by Crippen LogP contribution is -2.48. The number of hydrogen-bond donors (Lipinski definition) is 2. The van der Waals surface area contributed by atoms with Crippen molar-refractivity contribution in [1.82, 2.24) is 20.1 Å². The molecular weight excluding hydrogens is 425 g/mol. The fourth-order valence-electron chi connectivity index (χ4n) is 2.55. The molecule has 0 spiro atoms. The summed E-state index contributed by atoms with van der Waals surface area (Å²) in [7, 11) is 0. The van der Waals surface area contributed by atoms with Gasteiger partial charge in [0.1, 0.15) is 11.6 Å². The number of carbonyl (C=O) groups excluding carboxylic acids is 1. The average Bonchev–Trinajstić information content (AvgIpc) is 2.72. The second-order valence-electron chi connectivity index (χ2n) is 6.08. The summed E-state index contributed by atoms with van der Waals surface area (Å²) < 4.78 is 39.8. The number of aromatic nitrogens is 3. The van der Waals surface area contributed by atoms with E-state index in [1.165, 1.54) is 24.5 Å². The summed E-state index contributed by atoms with van der Waals surface area (Å²) >= 11 is 5.87. The van der Waals surface area contributed by atoms with Crippen LogP contribution in [-0.2, 0) is 0 Å². The van der Waals surface area contributed by atoms with Crippen molar-refractivity contribution in [3.05, 3.63) is 75.8 Å². The predicted octanol–water partition coefficient (Wildman–Crippen LogP) is 2.60. The fraction of sp³-hybridized carbons (Fsp3) is 0.158. The third-order valence-corrected chi connectivity index (χ3v) is 4.30. The molecule has 0 saturated carbocycles. The zero-order valence-corrected chi connectivity index (χ0v) is 15.8. The van der Waals surface area contributed by atoms with E-state index >= 15 is 0 Å². The number of nitrogens with one attached hydrogen (secondary N) is 1. The first-order valence-corrected chi connectivity index (χ1v) is 8.87. The van der Waals surface area contributed by atoms with E-state index in [9.17, 15) is 22.8 Å². The molecule has 30 heavy (non-hydrogen) atoms. The van der Waals surface area contributed by atoms with Gasteiger partial charge >= 0.3 is 0 Å². The number of carbonyl (C=O) groups is 1. The normalized spacial score (nSPS) is 13.1. The molecule has 2 heterocycles. The molecule has 2 N–H and O–H groups in total. The molecule has 2 atom stereocenters. The second kappa shape index (κ2) is 9.06. The Morgan fingerprint density at radius 1 is 1.17 bits per heavy atom. The summed E-state index contributed by atoms with van der Waals surface area (Å²) in [5.74, 6) is -1.29. The molecule has 1 unspecified atom stereocenters. The molecule has 0 saturated heterocycles. The van der Waals surface area contributed by atoms with Crippen LogP contribution in [0.5, 0.6) is 0 Å². The smallest absolute Gasteiger partial charge is 0.284 e. The van der Waals surface area contributed by atoms with Crippen LogP contribution < -0.4 is 10.9 Å². The zero-order valence-electron chi connectivity index (χ0n) is 15.0. The van der Waals surface area contributed by atoms with Crippen LogP contribution in [0.2, 0.25) is 5.02 Å². The van der Waals surface area contributed by atoms with Crippen LogP contribution in [0.15, 0.2) is 59.7 Å². The number of benzene rings is 1. The Bertz CT molecular complexity index is 1080. The SMILES string of the molecule is O=C(N[C@@H](C(O)F)C(F)F)c1cc(-c2ccc(Cl)cc2)nn(-c2cccnc2)c1=O. The molecule has 0 aliphatic rings. The molecule has 7 nitrogen and oxygen atoms in total. The van der Waals surface area contributed by atoms with Gasteiger partial charge in [-0.05, 0) is 30.3 Å². The quantitative estimate of drug-likeness (QED) is 0.616. The van der Waals surface area contributed by atoms with Gasteiger partial charge in [0, 0.05) is 16.8 Å². The lowest BCUT2D eigenvalue weighted by Gasteiger charge is -2.18. The zero-order chi connectivity index (χ0) is 21.8. The summed E-state index contributed by atoms with van der Waals surface area (Å²) in [5.41, 5.74) is -0.690. The standard InChI is InChI=1S/C19H14ClF3N4O3/c20-11-5-3-10(4-6-11)14-8-13(18(29)25-15(16(21)22)17(23)28)19(30)27(26-14)12-2-1-7-24-9-12/h1-9,15-17,28H,(H,25,29)/t15-,17?/m1/s1. The van der Waals surface area contributed by atoms with E-state index in [0.717, 1.165) is 10.7 Å². The monoisotopic (exact) mass is 438 g/mol. The minimum absolute atomic E-state index is 0.148. The highest BCUT2D eigenvalue weighted by atomic mass is 35.5. The minimum atomic E-state index is -3.40. The van der Waals surface area contributed by atoms with Crippen LogP contribution in [0.4, 0.5) is 13.2 Å². The van der Waals surface area contributed by atoms with Crippen molar-refractivity contribution >= 4 is 17.5 Å². The summed E-state index contributed by atoms with van der Waals surface area (Å²) in [4.78, 5) is 29.2. The van der Waals surface area contributed by atoms with Gasteiger partial charge in [-0.2, -0.15) is 9.78 Å². The molecule has 0 aliphatic heterocycles. The van der Waals surface area contributed by atoms with E-state index < -0.39 is 35.9 Å². The van der Waals surface area contributed by atoms with E-state index in [4.69, 9.17) is 16.7 Å². The lowest BCUT2D eigenvalue weighted by molar-refractivity contribution is -0.0481. The van der Waals surface area contributed by atoms with Crippen molar-refractivity contribution in [1.29, 1.82) is 0 Å². The van der Waals surface area contributed by atoms with Gasteiger partial charge in [-0.25, -0.2) is 13.2 Å². The summed E-state index contributed by atoms with van der Waals surface area (Å²) in [5, 5.41) is 15.2. The maximum absolute atomic E-state index is 13.1. The topological polar surface area (TPSA) is 97.1 Å². The maximum Gasteiger partial charge on any atom is 0.284 e. The first kappa shape index (κ1) is 21.5. The Morgan fingerprint density at radius 3 is 2.43 bits per heavy atom. The van der Waals surface area contributed by atoms with Crippen LogP contribution >= 0.6 is 11.6 Å². The van der Waals surface area contributed by atoms with Gasteiger partial charge in [0.15, 0.2) is 0 Å². The van der Waals surface area contributed by atoms with Crippen molar-refractivity contribution in [2.45, 2.75) is 18.8 Å². The Labute approximate surface area is 172 Å². The molecule has 0 bridgehead atoms. The first-order valence-electron chi connectivity index (χ1n) is 8.50. The molecule has 1 amide bonds. The van der Waals surface area contributed by atoms with Gasteiger partial charge in [-0.3, -0.25) is 14.6 Å². The third-order valence-electron chi connectivity index (χ3n) is 4.05. The molecule has 11 heteroatoms. The Hall–Kier alpha value is -3.24. The number of aliphatic hydroxyl groups is 1. The molecule has 3 aromatic rings. The lowest BCUT2D eigenvalue weighted by atomic mass is 10.1. The fourth-order valence-corrected chi connectivity index (χ4v) is 2.68. The van der Waals surface area contributed by atoms with E-state index in [1.807, 2.05) is 0 Å². The molecule has 0 aliphatic carbocycles. The van der Waals surface area contributed by atoms with Crippen LogP contribution in [0.3, 0.4) is 0 Å². The highest BCUT2D eigenvalue weighted by Crippen LogP contribution is 2.20. The van der Waals surface area contributed by atoms with E-state index in [1.54, 1.807) is 29.6 Å². The molecule has 3 rings (SSSR count). The van der Waals surface area contributed by atoms with Crippen molar-refractivity contribution < 1.29 is 23.1 Å². The van der Waals surface area contributed by atoms with Crippen molar-refractivity contribution in [2.24, 2.45) is 0 Å². The van der Waals surface area contributed by atoms with Gasteiger partial charge in [0.2, 0.25) is 6.36 Å². The van der Waals surface area contributed by atoms with E-state index in [2.05, 4.69) is 10.1 Å². The molecule has 0 radical (unpaired) electrons. The largest absolute Gasteiger partial charge is 0.362 e. The van der Waals surface area contributed by atoms with Crippen molar-refractivity contribution in [3.63, 3.8) is 0 Å². The second-order valence-corrected chi connectivity index (χ2v) is 6.52. The van der Waals surface area contributed by atoms with Crippen molar-refractivity contribution in [2.75, 3.05) is 0 Å². The van der Waals surface area contributed by atoms with Crippen LogP contribution in [0.25, 0.3) is 16.9 Å². The Balaban J connectivity index is 2.14. The highest BCUT2D eigenvalue weighted by molar-refractivity contribution is 6.30. The van der Waals surface area contributed by atoms with Gasteiger partial charge in [0.25, 0.3) is 17.9 Å². The number of pyridine rings is 1. The average molecular weight is 439 g/mol. The van der Waals surface area contributed by atoms with Gasteiger partial charge < -0.3 is 10.4 Å². The number of alkyl halides is 3. The van der Waals surface area contributed by atoms with Gasteiger partial charge in [-0.1, -0.05) is 23.7 Å². The number of nitrogens with zero attached hydrogens (tertiary/aromatic N) is 3. The highest BCUT2D eigenvalue weighted by Gasteiger charge is 2.31. The minimum Gasteiger partial charge on any atom is -0.362 e. The van der Waals surface area contributed by atoms with E-state index in [-0.39, 0.29) is 11.4 Å². The summed E-state index contributed by atoms with van der Waals surface area (Å²) in [6, 6.07) is 7.90. The first-order chi connectivity index (χ1) is 14.3. The van der Waals surface area contributed by atoms with Gasteiger partial charge in [0.05, 0.1) is 17.6 Å². The number of rotatable bonds is 6. The van der Waals surface area contributed by atoms with E-state index in [0.29, 0.717) is 10.6 Å². The van der Waals surface area contributed by atoms with Crippen LogP contribution in [0.1, 0.15) is 10.4 Å². The summed E-state index contributed by atoms with van der Waals surface area (Å²) in [6.45, 7) is 0. The third kappa shape index (κ3) is 4.66. The Kier molecular flexibility index (Phi) is 6.48. The van der Waals surface area contributed by atoms with Gasteiger partial charge in [-0.15, -0.1) is 0 Å².